The minimum atomic E-state index is 0.103. The first-order chi connectivity index (χ1) is 10.2. The van der Waals surface area contributed by atoms with Gasteiger partial charge >= 0.3 is 0 Å². The number of hydrogen-bond acceptors (Lipinski definition) is 2. The number of aromatic nitrogens is 1. The van der Waals surface area contributed by atoms with Crippen molar-refractivity contribution in [2.24, 2.45) is 0 Å². The second-order valence-electron chi connectivity index (χ2n) is 6.01. The molecule has 1 amide bonds. The number of rotatable bonds is 5. The number of nitrogens with one attached hydrogen (secondary N) is 2. The number of benzene rings is 1. The van der Waals surface area contributed by atoms with Crippen LogP contribution in [-0.4, -0.2) is 41.5 Å². The van der Waals surface area contributed by atoms with Crippen molar-refractivity contribution in [1.29, 1.82) is 0 Å². The SMILES string of the molecule is CC(CN1CCCC1)NC(=O)Cc1c[nH]c2ccccc12. The molecule has 1 atom stereocenters. The van der Waals surface area contributed by atoms with Gasteiger partial charge in [0.2, 0.25) is 5.91 Å². The van der Waals surface area contributed by atoms with Crippen molar-refractivity contribution in [2.75, 3.05) is 19.6 Å². The lowest BCUT2D eigenvalue weighted by Crippen LogP contribution is -2.41. The fourth-order valence-corrected chi connectivity index (χ4v) is 3.17. The molecule has 1 fully saturated rings. The van der Waals surface area contributed by atoms with Crippen LogP contribution in [0.3, 0.4) is 0 Å². The average molecular weight is 285 g/mol. The number of likely N-dealkylation sites (tertiary alicyclic amines) is 1. The van der Waals surface area contributed by atoms with Gasteiger partial charge < -0.3 is 15.2 Å². The number of aromatic amines is 1. The van der Waals surface area contributed by atoms with E-state index in [1.807, 2.05) is 24.4 Å². The first-order valence-corrected chi connectivity index (χ1v) is 7.79. The Morgan fingerprint density at radius 1 is 1.33 bits per heavy atom. The van der Waals surface area contributed by atoms with E-state index in [4.69, 9.17) is 0 Å². The van der Waals surface area contributed by atoms with E-state index in [9.17, 15) is 4.79 Å². The van der Waals surface area contributed by atoms with Crippen molar-refractivity contribution < 1.29 is 4.79 Å². The molecule has 1 aromatic heterocycles. The highest BCUT2D eigenvalue weighted by atomic mass is 16.1. The molecular weight excluding hydrogens is 262 g/mol. The van der Waals surface area contributed by atoms with Gasteiger partial charge in [0.25, 0.3) is 0 Å². The van der Waals surface area contributed by atoms with Crippen LogP contribution in [0.2, 0.25) is 0 Å². The lowest BCUT2D eigenvalue weighted by atomic mass is 10.1. The number of nitrogens with zero attached hydrogens (tertiary/aromatic N) is 1. The summed E-state index contributed by atoms with van der Waals surface area (Å²) in [5.74, 6) is 0.103. The topological polar surface area (TPSA) is 48.1 Å². The molecule has 0 radical (unpaired) electrons. The number of carbonyl (C=O) groups is 1. The third kappa shape index (κ3) is 3.45. The molecule has 0 aliphatic carbocycles. The maximum atomic E-state index is 12.2. The number of H-pyrrole nitrogens is 1. The first kappa shape index (κ1) is 14.1. The van der Waals surface area contributed by atoms with Crippen molar-refractivity contribution in [3.05, 3.63) is 36.0 Å². The standard InChI is InChI=1S/C17H23N3O/c1-13(12-20-8-4-5-9-20)19-17(21)10-14-11-18-16-7-3-2-6-15(14)16/h2-3,6-7,11,13,18H,4-5,8-10,12H2,1H3,(H,19,21). The fourth-order valence-electron chi connectivity index (χ4n) is 3.17. The average Bonchev–Trinajstić information content (AvgIpc) is 3.09. The molecular formula is C17H23N3O. The zero-order chi connectivity index (χ0) is 14.7. The Balaban J connectivity index is 1.56. The summed E-state index contributed by atoms with van der Waals surface area (Å²) in [7, 11) is 0. The summed E-state index contributed by atoms with van der Waals surface area (Å²) in [5, 5.41) is 4.25. The highest BCUT2D eigenvalue weighted by Crippen LogP contribution is 2.18. The Morgan fingerprint density at radius 3 is 2.90 bits per heavy atom. The van der Waals surface area contributed by atoms with E-state index in [1.165, 1.54) is 25.9 Å². The summed E-state index contributed by atoms with van der Waals surface area (Å²) in [4.78, 5) is 17.8. The van der Waals surface area contributed by atoms with Crippen LogP contribution in [0.4, 0.5) is 0 Å². The van der Waals surface area contributed by atoms with Crippen LogP contribution in [0, 0.1) is 0 Å². The van der Waals surface area contributed by atoms with Crippen LogP contribution in [0.15, 0.2) is 30.5 Å². The van der Waals surface area contributed by atoms with Crippen molar-refractivity contribution in [2.45, 2.75) is 32.2 Å². The Morgan fingerprint density at radius 2 is 2.10 bits per heavy atom. The quantitative estimate of drug-likeness (QED) is 0.885. The predicted molar refractivity (Wildman–Crippen MR) is 85.3 cm³/mol. The third-order valence-electron chi connectivity index (χ3n) is 4.16. The Bertz CT molecular complexity index is 613. The summed E-state index contributed by atoms with van der Waals surface area (Å²) < 4.78 is 0. The molecule has 0 bridgehead atoms. The van der Waals surface area contributed by atoms with E-state index >= 15 is 0 Å². The smallest absolute Gasteiger partial charge is 0.224 e. The molecule has 2 aromatic rings. The van der Waals surface area contributed by atoms with Crippen LogP contribution in [0.25, 0.3) is 10.9 Å². The molecule has 1 saturated heterocycles. The molecule has 0 saturated carbocycles. The molecule has 1 aromatic carbocycles. The Hall–Kier alpha value is -1.81. The van der Waals surface area contributed by atoms with Gasteiger partial charge in [-0.25, -0.2) is 0 Å². The molecule has 2 heterocycles. The van der Waals surface area contributed by atoms with Gasteiger partial charge in [0, 0.05) is 29.7 Å². The Kier molecular flexibility index (Phi) is 4.25. The largest absolute Gasteiger partial charge is 0.361 e. The monoisotopic (exact) mass is 285 g/mol. The molecule has 4 nitrogen and oxygen atoms in total. The van der Waals surface area contributed by atoms with Gasteiger partial charge in [-0.3, -0.25) is 4.79 Å². The summed E-state index contributed by atoms with van der Waals surface area (Å²) in [6, 6.07) is 8.31. The molecule has 21 heavy (non-hydrogen) atoms. The van der Waals surface area contributed by atoms with E-state index in [2.05, 4.69) is 28.2 Å². The van der Waals surface area contributed by atoms with Crippen molar-refractivity contribution in [3.8, 4) is 0 Å². The van der Waals surface area contributed by atoms with Crippen LogP contribution >= 0.6 is 0 Å². The molecule has 4 heteroatoms. The number of fused-ring (bicyclic) bond motifs is 1. The highest BCUT2D eigenvalue weighted by Gasteiger charge is 2.16. The molecule has 2 N–H and O–H groups in total. The molecule has 112 valence electrons. The van der Waals surface area contributed by atoms with E-state index in [0.29, 0.717) is 6.42 Å². The minimum absolute atomic E-state index is 0.103. The minimum Gasteiger partial charge on any atom is -0.361 e. The van der Waals surface area contributed by atoms with Crippen molar-refractivity contribution >= 4 is 16.8 Å². The van der Waals surface area contributed by atoms with Gasteiger partial charge in [-0.15, -0.1) is 0 Å². The van der Waals surface area contributed by atoms with Crippen LogP contribution < -0.4 is 5.32 Å². The van der Waals surface area contributed by atoms with E-state index in [-0.39, 0.29) is 11.9 Å². The second-order valence-corrected chi connectivity index (χ2v) is 6.01. The molecule has 1 aliphatic rings. The number of para-hydroxylation sites is 1. The Labute approximate surface area is 125 Å². The zero-order valence-electron chi connectivity index (χ0n) is 12.6. The molecule has 1 aliphatic heterocycles. The van der Waals surface area contributed by atoms with Crippen molar-refractivity contribution in [3.63, 3.8) is 0 Å². The van der Waals surface area contributed by atoms with Crippen LogP contribution in [-0.2, 0) is 11.2 Å². The summed E-state index contributed by atoms with van der Waals surface area (Å²) in [5.41, 5.74) is 2.15. The lowest BCUT2D eigenvalue weighted by Gasteiger charge is -2.21. The normalized spacial score (nSPS) is 17.2. The lowest BCUT2D eigenvalue weighted by molar-refractivity contribution is -0.121. The second kappa shape index (κ2) is 6.31. The van der Waals surface area contributed by atoms with Gasteiger partial charge in [-0.2, -0.15) is 0 Å². The van der Waals surface area contributed by atoms with Gasteiger partial charge in [0.15, 0.2) is 0 Å². The first-order valence-electron chi connectivity index (χ1n) is 7.79. The van der Waals surface area contributed by atoms with Gasteiger partial charge in [0.05, 0.1) is 6.42 Å². The predicted octanol–water partition coefficient (Wildman–Crippen LogP) is 2.31. The van der Waals surface area contributed by atoms with Gasteiger partial charge in [-0.05, 0) is 44.5 Å². The summed E-state index contributed by atoms with van der Waals surface area (Å²) >= 11 is 0. The highest BCUT2D eigenvalue weighted by molar-refractivity contribution is 5.88. The fraction of sp³-hybridized carbons (Fsp3) is 0.471. The van der Waals surface area contributed by atoms with E-state index in [1.54, 1.807) is 0 Å². The van der Waals surface area contributed by atoms with Crippen molar-refractivity contribution in [1.82, 2.24) is 15.2 Å². The zero-order valence-corrected chi connectivity index (χ0v) is 12.6. The van der Waals surface area contributed by atoms with Gasteiger partial charge in [-0.1, -0.05) is 18.2 Å². The van der Waals surface area contributed by atoms with Crippen LogP contribution in [0.1, 0.15) is 25.3 Å². The molecule has 3 rings (SSSR count). The third-order valence-corrected chi connectivity index (χ3v) is 4.16. The molecule has 0 spiro atoms. The maximum absolute atomic E-state index is 12.2. The maximum Gasteiger partial charge on any atom is 0.224 e. The molecule has 1 unspecified atom stereocenters. The van der Waals surface area contributed by atoms with Crippen LogP contribution in [0.5, 0.6) is 0 Å². The number of carbonyl (C=O) groups excluding carboxylic acids is 1. The summed E-state index contributed by atoms with van der Waals surface area (Å²) in [6.45, 7) is 5.39. The van der Waals surface area contributed by atoms with Gasteiger partial charge in [0.1, 0.15) is 0 Å². The number of amides is 1. The number of hydrogen-bond donors (Lipinski definition) is 2. The summed E-state index contributed by atoms with van der Waals surface area (Å²) in [6.07, 6.45) is 4.95. The van der Waals surface area contributed by atoms with E-state index < -0.39 is 0 Å². The van der Waals surface area contributed by atoms with E-state index in [0.717, 1.165) is 23.0 Å².